The van der Waals surface area contributed by atoms with E-state index in [2.05, 4.69) is 0 Å². The number of nitrogens with zero attached hydrogens (tertiary/aromatic N) is 1. The summed E-state index contributed by atoms with van der Waals surface area (Å²) < 4.78 is 47.1. The summed E-state index contributed by atoms with van der Waals surface area (Å²) in [5.74, 6) is 0.579. The molecule has 0 atom stereocenters. The first-order valence-corrected chi connectivity index (χ1v) is 14.2. The zero-order chi connectivity index (χ0) is 22.9. The molecule has 166 valence electrons. The van der Waals surface area contributed by atoms with Crippen LogP contribution in [0.15, 0.2) is 78.9 Å². The number of methoxy groups -OCH3 is 1. The monoisotopic (exact) mass is 569 g/mol. The van der Waals surface area contributed by atoms with Gasteiger partial charge in [-0.1, -0.05) is 0 Å². The molecule has 1 aliphatic rings. The Morgan fingerprint density at radius 3 is 2.12 bits per heavy atom. The van der Waals surface area contributed by atoms with E-state index in [1.54, 1.807) is 13.2 Å². The van der Waals surface area contributed by atoms with Crippen LogP contribution >= 0.6 is 0 Å². The fourth-order valence-corrected chi connectivity index (χ4v) is 10.3. The van der Waals surface area contributed by atoms with Gasteiger partial charge < -0.3 is 0 Å². The van der Waals surface area contributed by atoms with Crippen LogP contribution in [0.4, 0.5) is 5.69 Å². The molecule has 0 aromatic heterocycles. The number of allylic oxidation sites excluding steroid dienone is 1. The Hall–Kier alpha value is -2.21. The molecule has 3 aromatic rings. The van der Waals surface area contributed by atoms with E-state index in [4.69, 9.17) is 7.39 Å². The molecular weight excluding hydrogens is 545 g/mol. The Bertz CT molecular complexity index is 1190. The van der Waals surface area contributed by atoms with E-state index < -0.39 is 29.7 Å². The second kappa shape index (κ2) is 9.34. The molecule has 0 bridgehead atoms. The number of anilines is 1. The van der Waals surface area contributed by atoms with Gasteiger partial charge in [-0.3, -0.25) is 0 Å². The van der Waals surface area contributed by atoms with Gasteiger partial charge in [0.1, 0.15) is 0 Å². The van der Waals surface area contributed by atoms with Crippen molar-refractivity contribution in [3.8, 4) is 5.75 Å². The second-order valence-electron chi connectivity index (χ2n) is 7.30. The van der Waals surface area contributed by atoms with Gasteiger partial charge in [-0.15, -0.1) is 0 Å². The topological polar surface area (TPSA) is 90.9 Å². The molecule has 0 unspecified atom stereocenters. The number of hydrogen-bond donors (Lipinski definition) is 0. The number of benzene rings is 3. The minimum absolute atomic E-state index is 0.579. The van der Waals surface area contributed by atoms with E-state index in [-0.39, 0.29) is 0 Å². The van der Waals surface area contributed by atoms with Crippen molar-refractivity contribution in [1.82, 2.24) is 0 Å². The van der Waals surface area contributed by atoms with Crippen molar-refractivity contribution in [3.05, 3.63) is 95.6 Å². The Labute approximate surface area is 196 Å². The van der Waals surface area contributed by atoms with Crippen LogP contribution in [0.2, 0.25) is 0 Å². The second-order valence-corrected chi connectivity index (χ2v) is 13.3. The third kappa shape index (κ3) is 4.90. The van der Waals surface area contributed by atoms with Gasteiger partial charge in [-0.05, 0) is 0 Å². The van der Waals surface area contributed by atoms with E-state index in [0.29, 0.717) is 9.36 Å². The van der Waals surface area contributed by atoms with Crippen LogP contribution in [0.1, 0.15) is 16.7 Å². The average Bonchev–Trinajstić information content (AvgIpc) is 2.78. The van der Waals surface area contributed by atoms with Gasteiger partial charge in [0.25, 0.3) is 0 Å². The Kier molecular flexibility index (Phi) is 6.70. The maximum absolute atomic E-state index is 11.7. The molecule has 1 heterocycles. The summed E-state index contributed by atoms with van der Waals surface area (Å²) in [6, 6.07) is 23.1. The first kappa shape index (κ1) is 23.0. The first-order chi connectivity index (χ1) is 15.3. The van der Waals surface area contributed by atoms with Crippen molar-refractivity contribution >= 4 is 37.9 Å². The van der Waals surface area contributed by atoms with Crippen molar-refractivity contribution in [1.29, 1.82) is 0 Å². The van der Waals surface area contributed by atoms with Crippen molar-refractivity contribution in [2.45, 2.75) is 0 Å². The normalized spacial score (nSPS) is 14.1. The molecule has 0 spiro atoms. The van der Waals surface area contributed by atoms with E-state index in [9.17, 15) is 14.0 Å². The average molecular weight is 567 g/mol. The quantitative estimate of drug-likeness (QED) is 0.394. The maximum atomic E-state index is 11.7. The zero-order valence-electron chi connectivity index (χ0n) is 17.8. The summed E-state index contributed by atoms with van der Waals surface area (Å²) in [5.41, 5.74) is 4.67. The van der Waals surface area contributed by atoms with Crippen LogP contribution in [0.5, 0.6) is 5.75 Å². The summed E-state index contributed by atoms with van der Waals surface area (Å²) in [6.07, 6.45) is 1.96. The molecular formula is C24H22ClNO5Te. The van der Waals surface area contributed by atoms with Crippen LogP contribution in [0.25, 0.3) is 5.57 Å². The fourth-order valence-electron chi connectivity index (χ4n) is 3.50. The SMILES string of the molecule is COc1ccc2c(c1)[Te](O[Cl+3]([O-])([O-])[O-])=C(c1ccccc1)C=C2c1ccc(N(C)C)cc1. The Balaban J connectivity index is 1.99. The molecule has 1 aliphatic heterocycles. The standard InChI is InChI=1S/C24H22ClNO5Te/c1-26(2)19-11-9-17(10-12-19)22-16-23(18-7-5-4-6-8-18)32(31-25(27,28)29)24-15-20(30-3)13-14-21(22)24/h4-16H,1-3H3. The van der Waals surface area contributed by atoms with Crippen LogP contribution in [0.3, 0.4) is 0 Å². The van der Waals surface area contributed by atoms with Gasteiger partial charge in [-0.2, -0.15) is 0 Å². The summed E-state index contributed by atoms with van der Waals surface area (Å²) >= 11 is -3.28. The van der Waals surface area contributed by atoms with Crippen molar-refractivity contribution in [2.24, 2.45) is 0 Å². The van der Waals surface area contributed by atoms with Crippen molar-refractivity contribution in [2.75, 3.05) is 26.1 Å². The molecule has 0 saturated heterocycles. The molecule has 0 fully saturated rings. The van der Waals surface area contributed by atoms with Crippen LogP contribution < -0.4 is 27.2 Å². The van der Waals surface area contributed by atoms with E-state index >= 15 is 0 Å². The third-order valence-electron chi connectivity index (χ3n) is 5.05. The predicted molar refractivity (Wildman–Crippen MR) is 118 cm³/mol. The summed E-state index contributed by atoms with van der Waals surface area (Å²) in [7, 11) is 0.922. The third-order valence-corrected chi connectivity index (χ3v) is 12.0. The van der Waals surface area contributed by atoms with Gasteiger partial charge >= 0.3 is 197 Å². The van der Waals surface area contributed by atoms with E-state index in [1.165, 1.54) is 0 Å². The summed E-state index contributed by atoms with van der Waals surface area (Å²) in [5, 5.41) is 0. The predicted octanol–water partition coefficient (Wildman–Crippen LogP) is 0.121. The van der Waals surface area contributed by atoms with Gasteiger partial charge in [-0.25, -0.2) is 0 Å². The molecule has 0 aliphatic carbocycles. The fraction of sp³-hybridized carbons (Fsp3) is 0.125. The first-order valence-electron chi connectivity index (χ1n) is 9.72. The zero-order valence-corrected chi connectivity index (χ0v) is 20.9. The van der Waals surface area contributed by atoms with Gasteiger partial charge in [0.05, 0.1) is 0 Å². The number of halogens is 1. The number of hydrogen-bond acceptors (Lipinski definition) is 6. The van der Waals surface area contributed by atoms with Gasteiger partial charge in [0.15, 0.2) is 0 Å². The van der Waals surface area contributed by atoms with Crippen molar-refractivity contribution in [3.63, 3.8) is 0 Å². The number of fused-ring (bicyclic) bond motifs is 1. The number of ether oxygens (including phenoxy) is 1. The van der Waals surface area contributed by atoms with Gasteiger partial charge in [0, 0.05) is 0 Å². The molecule has 0 radical (unpaired) electrons. The molecule has 6 nitrogen and oxygen atoms in total. The van der Waals surface area contributed by atoms with Crippen LogP contribution in [-0.4, -0.2) is 44.2 Å². The summed E-state index contributed by atoms with van der Waals surface area (Å²) in [6.45, 7) is 0. The molecule has 8 heteroatoms. The molecule has 3 aromatic carbocycles. The molecule has 0 N–H and O–H groups in total. The van der Waals surface area contributed by atoms with E-state index in [0.717, 1.165) is 31.5 Å². The minimum atomic E-state index is -4.59. The Morgan fingerprint density at radius 2 is 1.53 bits per heavy atom. The van der Waals surface area contributed by atoms with Crippen LogP contribution in [0, 0.1) is 10.2 Å². The molecule has 32 heavy (non-hydrogen) atoms. The van der Waals surface area contributed by atoms with Gasteiger partial charge in [0.2, 0.25) is 0 Å². The molecule has 0 saturated carbocycles. The van der Waals surface area contributed by atoms with E-state index in [1.807, 2.05) is 91.8 Å². The molecule has 0 amide bonds. The van der Waals surface area contributed by atoms with Crippen molar-refractivity contribution < 1.29 is 31.6 Å². The number of rotatable bonds is 6. The summed E-state index contributed by atoms with van der Waals surface area (Å²) in [4.78, 5) is 2.02. The Morgan fingerprint density at radius 1 is 0.844 bits per heavy atom. The van der Waals surface area contributed by atoms with Crippen LogP contribution in [-0.2, 0) is 2.65 Å². The molecule has 4 rings (SSSR count).